The highest BCUT2D eigenvalue weighted by Crippen LogP contribution is 2.33. The molecule has 3 heteroatoms. The molecule has 112 valence electrons. The van der Waals surface area contributed by atoms with Gasteiger partial charge in [0.25, 0.3) is 0 Å². The van der Waals surface area contributed by atoms with Crippen LogP contribution in [0.1, 0.15) is 51.0 Å². The fraction of sp³-hybridized carbons (Fsp3) is 0.647. The molecule has 2 unspecified atom stereocenters. The lowest BCUT2D eigenvalue weighted by atomic mass is 10.1. The van der Waals surface area contributed by atoms with Crippen LogP contribution < -0.4 is 5.32 Å². The fourth-order valence-electron chi connectivity index (χ4n) is 2.70. The maximum absolute atomic E-state index is 10.2. The minimum absolute atomic E-state index is 0.135. The van der Waals surface area contributed by atoms with Crippen molar-refractivity contribution in [2.24, 2.45) is 0 Å². The molecule has 0 aromatic heterocycles. The predicted octanol–water partition coefficient (Wildman–Crippen LogP) is 3.97. The second-order valence-electron chi connectivity index (χ2n) is 5.69. The van der Waals surface area contributed by atoms with Gasteiger partial charge < -0.3 is 10.4 Å². The van der Waals surface area contributed by atoms with E-state index in [1.807, 2.05) is 11.8 Å². The van der Waals surface area contributed by atoms with Crippen molar-refractivity contribution in [2.75, 3.05) is 6.54 Å². The van der Waals surface area contributed by atoms with Crippen molar-refractivity contribution in [1.29, 1.82) is 0 Å². The Hall–Kier alpha value is -0.510. The quantitative estimate of drug-likeness (QED) is 0.615. The van der Waals surface area contributed by atoms with E-state index in [1.54, 1.807) is 0 Å². The van der Waals surface area contributed by atoms with Crippen LogP contribution in [0.4, 0.5) is 0 Å². The topological polar surface area (TPSA) is 32.3 Å². The lowest BCUT2D eigenvalue weighted by molar-refractivity contribution is 0.163. The Morgan fingerprint density at radius 2 is 2.10 bits per heavy atom. The number of aliphatic hydroxyl groups excluding tert-OH is 1. The molecule has 1 aliphatic rings. The molecular weight excluding hydrogens is 266 g/mol. The van der Waals surface area contributed by atoms with Crippen LogP contribution in [0.25, 0.3) is 0 Å². The third kappa shape index (κ3) is 5.12. The summed E-state index contributed by atoms with van der Waals surface area (Å²) in [5.74, 6) is 0. The number of aliphatic hydroxyl groups is 1. The van der Waals surface area contributed by atoms with E-state index in [0.717, 1.165) is 25.9 Å². The summed E-state index contributed by atoms with van der Waals surface area (Å²) in [4.78, 5) is 1.30. The largest absolute Gasteiger partial charge is 0.392 e. The van der Waals surface area contributed by atoms with Gasteiger partial charge in [0, 0.05) is 16.7 Å². The fourth-order valence-corrected chi connectivity index (χ4v) is 4.01. The highest BCUT2D eigenvalue weighted by Gasteiger charge is 2.22. The number of hydrogen-bond donors (Lipinski definition) is 2. The molecule has 1 fully saturated rings. The molecule has 2 N–H and O–H groups in total. The minimum Gasteiger partial charge on any atom is -0.392 e. The maximum atomic E-state index is 10.2. The maximum Gasteiger partial charge on any atom is 0.0662 e. The van der Waals surface area contributed by atoms with Crippen LogP contribution in [0.3, 0.4) is 0 Å². The lowest BCUT2D eigenvalue weighted by Crippen LogP contribution is -2.21. The van der Waals surface area contributed by atoms with Crippen LogP contribution in [-0.2, 0) is 6.54 Å². The molecule has 0 bridgehead atoms. The molecule has 2 rings (SSSR count). The number of benzene rings is 1. The van der Waals surface area contributed by atoms with E-state index in [1.165, 1.54) is 36.1 Å². The van der Waals surface area contributed by atoms with Gasteiger partial charge >= 0.3 is 0 Å². The zero-order valence-electron chi connectivity index (χ0n) is 12.5. The summed E-state index contributed by atoms with van der Waals surface area (Å²) in [6.45, 7) is 4.20. The van der Waals surface area contributed by atoms with Crippen molar-refractivity contribution < 1.29 is 5.11 Å². The van der Waals surface area contributed by atoms with Crippen LogP contribution >= 0.6 is 11.8 Å². The summed E-state index contributed by atoms with van der Waals surface area (Å²) >= 11 is 1.86. The number of thioether (sulfide) groups is 1. The van der Waals surface area contributed by atoms with Gasteiger partial charge in [-0.1, -0.05) is 38.3 Å². The molecule has 1 aromatic rings. The third-order valence-corrected chi connectivity index (χ3v) is 5.24. The minimum atomic E-state index is -0.135. The number of rotatable bonds is 6. The first-order valence-electron chi connectivity index (χ1n) is 7.94. The Morgan fingerprint density at radius 1 is 1.25 bits per heavy atom. The molecule has 0 spiro atoms. The zero-order valence-corrected chi connectivity index (χ0v) is 13.3. The normalized spacial score (nSPS) is 23.5. The summed E-state index contributed by atoms with van der Waals surface area (Å²) in [5.41, 5.74) is 1.34. The molecule has 0 heterocycles. The van der Waals surface area contributed by atoms with E-state index >= 15 is 0 Å². The van der Waals surface area contributed by atoms with Crippen LogP contribution in [0.2, 0.25) is 0 Å². The van der Waals surface area contributed by atoms with E-state index in [9.17, 15) is 5.11 Å². The van der Waals surface area contributed by atoms with Gasteiger partial charge in [0.15, 0.2) is 0 Å². The van der Waals surface area contributed by atoms with E-state index in [2.05, 4.69) is 36.5 Å². The van der Waals surface area contributed by atoms with Gasteiger partial charge in [-0.15, -0.1) is 11.8 Å². The summed E-state index contributed by atoms with van der Waals surface area (Å²) in [6.07, 6.45) is 6.85. The first kappa shape index (κ1) is 15.9. The predicted molar refractivity (Wildman–Crippen MR) is 87.2 cm³/mol. The molecule has 1 aromatic carbocycles. The summed E-state index contributed by atoms with van der Waals surface area (Å²) in [6, 6.07) is 8.75. The monoisotopic (exact) mass is 293 g/mol. The molecule has 0 radical (unpaired) electrons. The summed E-state index contributed by atoms with van der Waals surface area (Å²) in [5, 5.41) is 14.0. The Balaban J connectivity index is 1.92. The van der Waals surface area contributed by atoms with Gasteiger partial charge in [-0.25, -0.2) is 0 Å². The van der Waals surface area contributed by atoms with E-state index in [0.29, 0.717) is 5.25 Å². The summed E-state index contributed by atoms with van der Waals surface area (Å²) in [7, 11) is 0. The second kappa shape index (κ2) is 8.71. The average Bonchev–Trinajstić information content (AvgIpc) is 2.65. The first-order valence-corrected chi connectivity index (χ1v) is 8.82. The molecule has 2 nitrogen and oxygen atoms in total. The van der Waals surface area contributed by atoms with Crippen LogP contribution in [0, 0.1) is 0 Å². The van der Waals surface area contributed by atoms with Crippen LogP contribution in [0.5, 0.6) is 0 Å². The molecule has 1 saturated carbocycles. The van der Waals surface area contributed by atoms with Crippen molar-refractivity contribution in [3.05, 3.63) is 29.8 Å². The Bertz CT molecular complexity index is 396. The van der Waals surface area contributed by atoms with Crippen molar-refractivity contribution in [2.45, 2.75) is 68.2 Å². The van der Waals surface area contributed by atoms with Gasteiger partial charge in [-0.05, 0) is 43.5 Å². The highest BCUT2D eigenvalue weighted by atomic mass is 32.2. The number of hydrogen-bond acceptors (Lipinski definition) is 3. The second-order valence-corrected chi connectivity index (χ2v) is 7.00. The lowest BCUT2D eigenvalue weighted by Gasteiger charge is -2.20. The number of nitrogens with one attached hydrogen (secondary N) is 1. The third-order valence-electron chi connectivity index (χ3n) is 3.86. The van der Waals surface area contributed by atoms with E-state index < -0.39 is 0 Å². The van der Waals surface area contributed by atoms with E-state index in [4.69, 9.17) is 0 Å². The molecular formula is C17H27NOS. The van der Waals surface area contributed by atoms with Crippen LogP contribution in [-0.4, -0.2) is 23.0 Å². The van der Waals surface area contributed by atoms with Gasteiger partial charge in [0.2, 0.25) is 0 Å². The average molecular weight is 293 g/mol. The Labute approximate surface area is 127 Å². The standard InChI is InChI=1S/C17H27NOS/c1-2-11-18-13-14-7-6-8-15(12-14)20-17-10-5-3-4-9-16(17)19/h6-8,12,16-19H,2-5,9-11,13H2,1H3. The SMILES string of the molecule is CCCNCc1cccc(SC2CCCCCC2O)c1. The molecule has 0 saturated heterocycles. The molecule has 2 atom stereocenters. The first-order chi connectivity index (χ1) is 9.79. The zero-order chi connectivity index (χ0) is 14.2. The van der Waals surface area contributed by atoms with Gasteiger partial charge in [-0.3, -0.25) is 0 Å². The van der Waals surface area contributed by atoms with Crippen molar-refractivity contribution in [3.8, 4) is 0 Å². The van der Waals surface area contributed by atoms with Crippen LogP contribution in [0.15, 0.2) is 29.2 Å². The van der Waals surface area contributed by atoms with Crippen molar-refractivity contribution in [3.63, 3.8) is 0 Å². The van der Waals surface area contributed by atoms with Gasteiger partial charge in [-0.2, -0.15) is 0 Å². The van der Waals surface area contributed by atoms with Crippen molar-refractivity contribution >= 4 is 11.8 Å². The smallest absolute Gasteiger partial charge is 0.0662 e. The highest BCUT2D eigenvalue weighted by molar-refractivity contribution is 8.00. The Kier molecular flexibility index (Phi) is 6.91. The van der Waals surface area contributed by atoms with Gasteiger partial charge in [0.05, 0.1) is 6.10 Å². The summed E-state index contributed by atoms with van der Waals surface area (Å²) < 4.78 is 0. The van der Waals surface area contributed by atoms with Crippen molar-refractivity contribution in [1.82, 2.24) is 5.32 Å². The molecule has 0 amide bonds. The molecule has 20 heavy (non-hydrogen) atoms. The molecule has 0 aliphatic heterocycles. The molecule has 1 aliphatic carbocycles. The van der Waals surface area contributed by atoms with E-state index in [-0.39, 0.29) is 6.10 Å². The Morgan fingerprint density at radius 3 is 2.95 bits per heavy atom. The van der Waals surface area contributed by atoms with Gasteiger partial charge in [0.1, 0.15) is 0 Å².